The maximum atomic E-state index is 14.1. The van der Waals surface area contributed by atoms with E-state index >= 15 is 0 Å². The lowest BCUT2D eigenvalue weighted by Gasteiger charge is -2.37. The fourth-order valence-corrected chi connectivity index (χ4v) is 6.06. The van der Waals surface area contributed by atoms with Crippen molar-refractivity contribution in [3.8, 4) is 0 Å². The number of aromatic nitrogens is 3. The molecule has 2 fully saturated rings. The summed E-state index contributed by atoms with van der Waals surface area (Å²) in [6.45, 7) is 1.83. The van der Waals surface area contributed by atoms with Crippen molar-refractivity contribution in [1.82, 2.24) is 24.8 Å². The van der Waals surface area contributed by atoms with Crippen molar-refractivity contribution in [2.75, 3.05) is 26.3 Å². The lowest BCUT2D eigenvalue weighted by Crippen LogP contribution is -2.56. The van der Waals surface area contributed by atoms with Crippen molar-refractivity contribution < 1.29 is 29.0 Å². The minimum Gasteiger partial charge on any atom is -0.461 e. The third-order valence-electron chi connectivity index (χ3n) is 7.46. The summed E-state index contributed by atoms with van der Waals surface area (Å²) in [5.41, 5.74) is -1.00. The molecule has 182 valence electrons. The molecule has 1 unspecified atom stereocenters. The number of aliphatic hydroxyl groups excluding tert-OH is 1. The van der Waals surface area contributed by atoms with Crippen LogP contribution in [-0.4, -0.2) is 91.2 Å². The third-order valence-corrected chi connectivity index (χ3v) is 7.46. The van der Waals surface area contributed by atoms with Crippen molar-refractivity contribution in [2.45, 2.75) is 30.8 Å². The van der Waals surface area contributed by atoms with Crippen LogP contribution < -0.4 is 0 Å². The number of amides is 2. The van der Waals surface area contributed by atoms with Gasteiger partial charge in [-0.05, 0) is 25.1 Å². The summed E-state index contributed by atoms with van der Waals surface area (Å²) in [5, 5.41) is 18.1. The number of ether oxygens (including phenoxy) is 2. The molecule has 5 atom stereocenters. The van der Waals surface area contributed by atoms with Gasteiger partial charge in [0, 0.05) is 13.1 Å². The van der Waals surface area contributed by atoms with Crippen LogP contribution in [0.4, 0.5) is 0 Å². The zero-order chi connectivity index (χ0) is 24.4. The first-order valence-corrected chi connectivity index (χ1v) is 11.6. The average Bonchev–Trinajstić information content (AvgIpc) is 3.35. The van der Waals surface area contributed by atoms with Gasteiger partial charge in [0.15, 0.2) is 0 Å². The van der Waals surface area contributed by atoms with E-state index in [0.29, 0.717) is 5.52 Å². The summed E-state index contributed by atoms with van der Waals surface area (Å²) in [6.07, 6.45) is 6.99. The summed E-state index contributed by atoms with van der Waals surface area (Å²) < 4.78 is 13.5. The number of likely N-dealkylation sites (tertiary alicyclic amines) is 1. The second-order valence-electron chi connectivity index (χ2n) is 9.47. The number of β-amino-alcohol motifs (C(OH)–C–C–N with tert-alkyl or cyclic N) is 1. The molecule has 6 rings (SSSR count). The van der Waals surface area contributed by atoms with Gasteiger partial charge in [-0.3, -0.25) is 14.4 Å². The first-order chi connectivity index (χ1) is 16.9. The Kier molecular flexibility index (Phi) is 4.84. The molecule has 0 aliphatic carbocycles. The summed E-state index contributed by atoms with van der Waals surface area (Å²) in [6, 6.07) is 6.39. The van der Waals surface area contributed by atoms with Gasteiger partial charge in [0.1, 0.15) is 36.4 Å². The van der Waals surface area contributed by atoms with Gasteiger partial charge in [-0.15, -0.1) is 5.10 Å². The quantitative estimate of drug-likeness (QED) is 0.474. The number of aliphatic hydroxyl groups is 1. The Hall–Kier alpha value is -3.57. The molecule has 2 aromatic rings. The van der Waals surface area contributed by atoms with Gasteiger partial charge in [-0.2, -0.15) is 0 Å². The molecule has 1 aromatic heterocycles. The molecule has 11 nitrogen and oxygen atoms in total. The lowest BCUT2D eigenvalue weighted by molar-refractivity contribution is -0.158. The Morgan fingerprint density at radius 1 is 1.11 bits per heavy atom. The number of hydrogen-bond acceptors (Lipinski definition) is 8. The molecule has 1 N–H and O–H groups in total. The zero-order valence-corrected chi connectivity index (χ0v) is 19.1. The maximum absolute atomic E-state index is 14.1. The summed E-state index contributed by atoms with van der Waals surface area (Å²) >= 11 is 0. The molecule has 1 aromatic carbocycles. The molecule has 11 heteroatoms. The number of cyclic esters (lactones) is 1. The van der Waals surface area contributed by atoms with Crippen LogP contribution in [0.2, 0.25) is 0 Å². The molecule has 4 aliphatic heterocycles. The number of benzene rings is 1. The zero-order valence-electron chi connectivity index (χ0n) is 19.1. The molecular formula is C24H25N5O6. The molecule has 0 bridgehead atoms. The molecule has 1 spiro atoms. The van der Waals surface area contributed by atoms with Crippen molar-refractivity contribution in [3.63, 3.8) is 0 Å². The second-order valence-corrected chi connectivity index (χ2v) is 9.47. The summed E-state index contributed by atoms with van der Waals surface area (Å²) in [7, 11) is 0. The number of esters is 1. The predicted octanol–water partition coefficient (Wildman–Crippen LogP) is -0.137. The molecule has 0 radical (unpaired) electrons. The molecular weight excluding hydrogens is 454 g/mol. The van der Waals surface area contributed by atoms with Gasteiger partial charge in [0.05, 0.1) is 23.6 Å². The number of carbonyl (C=O) groups excluding carboxylic acids is 3. The van der Waals surface area contributed by atoms with E-state index in [0.717, 1.165) is 5.52 Å². The SMILES string of the molecule is C[C@@]12C=CCOC(=O)[C@@H]1[C@H]1C(=O)N(CCO)C3C(=O)N(Cn4nnc5ccccc54)CC=C[C@@]31O2. The topological polar surface area (TPSA) is 127 Å². The highest BCUT2D eigenvalue weighted by molar-refractivity contribution is 5.99. The van der Waals surface area contributed by atoms with Gasteiger partial charge >= 0.3 is 5.97 Å². The Labute approximate surface area is 200 Å². The smallest absolute Gasteiger partial charge is 0.313 e. The Balaban J connectivity index is 1.42. The van der Waals surface area contributed by atoms with Crippen LogP contribution in [0.3, 0.4) is 0 Å². The Morgan fingerprint density at radius 3 is 2.77 bits per heavy atom. The molecule has 4 aliphatic rings. The van der Waals surface area contributed by atoms with E-state index in [1.54, 1.807) is 40.8 Å². The Morgan fingerprint density at radius 2 is 1.94 bits per heavy atom. The fraction of sp³-hybridized carbons (Fsp3) is 0.458. The fourth-order valence-electron chi connectivity index (χ4n) is 6.06. The number of para-hydroxylation sites is 1. The van der Waals surface area contributed by atoms with Crippen molar-refractivity contribution in [3.05, 3.63) is 48.6 Å². The summed E-state index contributed by atoms with van der Waals surface area (Å²) in [5.74, 6) is -3.16. The van der Waals surface area contributed by atoms with Gasteiger partial charge < -0.3 is 24.4 Å². The Bertz CT molecular complexity index is 1290. The molecule has 35 heavy (non-hydrogen) atoms. The molecule has 0 saturated carbocycles. The monoisotopic (exact) mass is 479 g/mol. The highest BCUT2D eigenvalue weighted by atomic mass is 16.6. The van der Waals surface area contributed by atoms with E-state index < -0.39 is 41.0 Å². The molecule has 2 saturated heterocycles. The number of carbonyl (C=O) groups is 3. The van der Waals surface area contributed by atoms with Crippen molar-refractivity contribution in [1.29, 1.82) is 0 Å². The van der Waals surface area contributed by atoms with Crippen LogP contribution in [-0.2, 0) is 30.5 Å². The van der Waals surface area contributed by atoms with Crippen molar-refractivity contribution >= 4 is 28.8 Å². The highest BCUT2D eigenvalue weighted by Crippen LogP contribution is 2.57. The average molecular weight is 479 g/mol. The molecule has 2 amide bonds. The number of nitrogens with zero attached hydrogens (tertiary/aromatic N) is 5. The van der Waals surface area contributed by atoms with E-state index in [4.69, 9.17) is 9.47 Å². The number of fused-ring (bicyclic) bond motifs is 3. The standard InChI is InChI=1S/C24H25N5O6/c1-23-8-5-13-34-22(33)18(23)17-20(31)28(11-12-30)19-21(32)27(10-4-9-24(17,19)35-23)14-29-16-7-3-2-6-15(16)25-26-29/h2-9,17-19,30H,10-14H2,1H3/t17-,18-,19?,23+,24-/m0/s1. The second kappa shape index (κ2) is 7.72. The number of hydrogen-bond donors (Lipinski definition) is 1. The summed E-state index contributed by atoms with van der Waals surface area (Å²) in [4.78, 5) is 43.7. The van der Waals surface area contributed by atoms with Crippen LogP contribution >= 0.6 is 0 Å². The van der Waals surface area contributed by atoms with Crippen LogP contribution in [0.15, 0.2) is 48.6 Å². The minimum absolute atomic E-state index is 0.0564. The van der Waals surface area contributed by atoms with E-state index in [1.807, 2.05) is 24.3 Å². The first kappa shape index (κ1) is 21.9. The highest BCUT2D eigenvalue weighted by Gasteiger charge is 2.74. The van der Waals surface area contributed by atoms with Crippen molar-refractivity contribution in [2.24, 2.45) is 11.8 Å². The van der Waals surface area contributed by atoms with E-state index in [-0.39, 0.29) is 38.9 Å². The first-order valence-electron chi connectivity index (χ1n) is 11.6. The third kappa shape index (κ3) is 3.01. The lowest BCUT2D eigenvalue weighted by atomic mass is 9.75. The van der Waals surface area contributed by atoms with Gasteiger partial charge in [-0.1, -0.05) is 35.6 Å². The van der Waals surface area contributed by atoms with Crippen LogP contribution in [0.5, 0.6) is 0 Å². The van der Waals surface area contributed by atoms with Gasteiger partial charge in [0.2, 0.25) is 5.91 Å². The van der Waals surface area contributed by atoms with Crippen LogP contribution in [0.25, 0.3) is 11.0 Å². The van der Waals surface area contributed by atoms with Gasteiger partial charge in [-0.25, -0.2) is 4.68 Å². The van der Waals surface area contributed by atoms with Crippen LogP contribution in [0.1, 0.15) is 6.92 Å². The largest absolute Gasteiger partial charge is 0.461 e. The molecule has 5 heterocycles. The normalized spacial score (nSPS) is 34.0. The van der Waals surface area contributed by atoms with E-state index in [1.165, 1.54) is 4.90 Å². The van der Waals surface area contributed by atoms with Gasteiger partial charge in [0.25, 0.3) is 5.91 Å². The van der Waals surface area contributed by atoms with E-state index in [9.17, 15) is 19.5 Å². The minimum atomic E-state index is -1.37. The predicted molar refractivity (Wildman–Crippen MR) is 120 cm³/mol. The van der Waals surface area contributed by atoms with Crippen LogP contribution in [0, 0.1) is 11.8 Å². The maximum Gasteiger partial charge on any atom is 0.313 e. The van der Waals surface area contributed by atoms with E-state index in [2.05, 4.69) is 10.3 Å². The number of rotatable bonds is 4.